The van der Waals surface area contributed by atoms with E-state index in [-0.39, 0.29) is 0 Å². The molecule has 0 saturated carbocycles. The molecular formula is C18H21N. The molecule has 1 nitrogen and oxygen atoms in total. The molecule has 1 atom stereocenters. The number of aryl methyl sites for hydroxylation is 2. The summed E-state index contributed by atoms with van der Waals surface area (Å²) in [4.78, 5) is 0. The fraction of sp³-hybridized carbons (Fsp3) is 0.333. The normalized spacial score (nSPS) is 15.2. The van der Waals surface area contributed by atoms with Gasteiger partial charge >= 0.3 is 0 Å². The zero-order valence-corrected chi connectivity index (χ0v) is 11.5. The molecule has 3 rings (SSSR count). The molecule has 2 aromatic rings. The highest BCUT2D eigenvalue weighted by atomic mass is 14.9. The van der Waals surface area contributed by atoms with E-state index < -0.39 is 0 Å². The van der Waals surface area contributed by atoms with Gasteiger partial charge in [-0.3, -0.25) is 0 Å². The monoisotopic (exact) mass is 251 g/mol. The number of nitrogens with one attached hydrogen (secondary N) is 1. The summed E-state index contributed by atoms with van der Waals surface area (Å²) in [6.07, 6.45) is 3.85. The second-order valence-corrected chi connectivity index (χ2v) is 5.47. The first-order valence-corrected chi connectivity index (χ1v) is 7.22. The summed E-state index contributed by atoms with van der Waals surface area (Å²) in [5, 5.41) is 3.61. The molecule has 0 fully saturated rings. The summed E-state index contributed by atoms with van der Waals surface area (Å²) in [7, 11) is 0. The van der Waals surface area contributed by atoms with Crippen molar-refractivity contribution in [3.05, 3.63) is 70.8 Å². The zero-order chi connectivity index (χ0) is 13.1. The first-order valence-electron chi connectivity index (χ1n) is 7.22. The molecule has 98 valence electrons. The Hall–Kier alpha value is -1.60. The van der Waals surface area contributed by atoms with Crippen molar-refractivity contribution in [2.75, 3.05) is 0 Å². The molecule has 1 aliphatic carbocycles. The van der Waals surface area contributed by atoms with Crippen molar-refractivity contribution in [3.8, 4) is 0 Å². The molecular weight excluding hydrogens is 230 g/mol. The van der Waals surface area contributed by atoms with Crippen LogP contribution < -0.4 is 5.32 Å². The topological polar surface area (TPSA) is 12.0 Å². The Labute approximate surface area is 115 Å². The van der Waals surface area contributed by atoms with E-state index in [0.717, 1.165) is 6.54 Å². The van der Waals surface area contributed by atoms with Crippen molar-refractivity contribution in [2.45, 2.75) is 38.8 Å². The van der Waals surface area contributed by atoms with Gasteiger partial charge in [0.1, 0.15) is 0 Å². The molecule has 1 aliphatic rings. The van der Waals surface area contributed by atoms with Crippen LogP contribution >= 0.6 is 0 Å². The first kappa shape index (κ1) is 12.4. The van der Waals surface area contributed by atoms with Crippen LogP contribution in [0.1, 0.15) is 41.6 Å². The van der Waals surface area contributed by atoms with Crippen LogP contribution in [0.4, 0.5) is 0 Å². The lowest BCUT2D eigenvalue weighted by Gasteiger charge is -2.14. The van der Waals surface area contributed by atoms with E-state index in [1.165, 1.54) is 30.4 Å². The van der Waals surface area contributed by atoms with Gasteiger partial charge in [-0.2, -0.15) is 0 Å². The second-order valence-electron chi connectivity index (χ2n) is 5.47. The average Bonchev–Trinajstić information content (AvgIpc) is 2.93. The number of hydrogen-bond donors (Lipinski definition) is 1. The second kappa shape index (κ2) is 5.58. The lowest BCUT2D eigenvalue weighted by atomic mass is 10.1. The summed E-state index contributed by atoms with van der Waals surface area (Å²) >= 11 is 0. The van der Waals surface area contributed by atoms with Gasteiger partial charge in [-0.25, -0.2) is 0 Å². The largest absolute Gasteiger partial charge is 0.306 e. The van der Waals surface area contributed by atoms with Crippen molar-refractivity contribution < 1.29 is 0 Å². The molecule has 1 heteroatoms. The smallest absolute Gasteiger partial charge is 0.0294 e. The van der Waals surface area contributed by atoms with Crippen molar-refractivity contribution in [3.63, 3.8) is 0 Å². The SMILES string of the molecule is CC(NCc1ccc2c(c1)CCC2)c1ccccc1. The molecule has 1 N–H and O–H groups in total. The average molecular weight is 251 g/mol. The Morgan fingerprint density at radius 1 is 1.00 bits per heavy atom. The highest BCUT2D eigenvalue weighted by Gasteiger charge is 2.11. The van der Waals surface area contributed by atoms with Crippen LogP contribution in [0.2, 0.25) is 0 Å². The van der Waals surface area contributed by atoms with E-state index in [2.05, 4.69) is 60.8 Å². The van der Waals surface area contributed by atoms with Crippen LogP contribution in [-0.2, 0) is 19.4 Å². The van der Waals surface area contributed by atoms with Crippen LogP contribution in [0.3, 0.4) is 0 Å². The van der Waals surface area contributed by atoms with Crippen molar-refractivity contribution >= 4 is 0 Å². The molecule has 19 heavy (non-hydrogen) atoms. The van der Waals surface area contributed by atoms with Gasteiger partial charge in [-0.1, -0.05) is 48.5 Å². The molecule has 0 bridgehead atoms. The number of rotatable bonds is 4. The van der Waals surface area contributed by atoms with Gasteiger partial charge in [0.05, 0.1) is 0 Å². The van der Waals surface area contributed by atoms with Gasteiger partial charge < -0.3 is 5.32 Å². The maximum absolute atomic E-state index is 3.61. The maximum Gasteiger partial charge on any atom is 0.0294 e. The predicted octanol–water partition coefficient (Wildman–Crippen LogP) is 4.03. The van der Waals surface area contributed by atoms with Crippen molar-refractivity contribution in [1.29, 1.82) is 0 Å². The fourth-order valence-corrected chi connectivity index (χ4v) is 2.87. The lowest BCUT2D eigenvalue weighted by Crippen LogP contribution is -2.18. The quantitative estimate of drug-likeness (QED) is 0.865. The lowest BCUT2D eigenvalue weighted by molar-refractivity contribution is 0.574. The molecule has 0 spiro atoms. The van der Waals surface area contributed by atoms with Gasteiger partial charge in [0.25, 0.3) is 0 Å². The Bertz CT molecular complexity index is 545. The predicted molar refractivity (Wildman–Crippen MR) is 80.2 cm³/mol. The van der Waals surface area contributed by atoms with E-state index in [9.17, 15) is 0 Å². The minimum absolute atomic E-state index is 0.398. The Morgan fingerprint density at radius 2 is 1.79 bits per heavy atom. The van der Waals surface area contributed by atoms with E-state index in [1.807, 2.05) is 0 Å². The minimum Gasteiger partial charge on any atom is -0.306 e. The summed E-state index contributed by atoms with van der Waals surface area (Å²) in [6, 6.07) is 18.0. The summed E-state index contributed by atoms with van der Waals surface area (Å²) < 4.78 is 0. The molecule has 0 amide bonds. The Kier molecular flexibility index (Phi) is 3.65. The van der Waals surface area contributed by atoms with Gasteiger partial charge in [-0.15, -0.1) is 0 Å². The van der Waals surface area contributed by atoms with E-state index >= 15 is 0 Å². The molecule has 0 aliphatic heterocycles. The van der Waals surface area contributed by atoms with Gasteiger partial charge in [-0.05, 0) is 48.4 Å². The maximum atomic E-state index is 3.61. The third kappa shape index (κ3) is 2.87. The van der Waals surface area contributed by atoms with Crippen LogP contribution in [-0.4, -0.2) is 0 Å². The third-order valence-corrected chi connectivity index (χ3v) is 4.07. The van der Waals surface area contributed by atoms with Crippen LogP contribution in [0.25, 0.3) is 0 Å². The van der Waals surface area contributed by atoms with Crippen molar-refractivity contribution in [2.24, 2.45) is 0 Å². The molecule has 0 heterocycles. The zero-order valence-electron chi connectivity index (χ0n) is 11.5. The summed E-state index contributed by atoms with van der Waals surface area (Å²) in [5.41, 5.74) is 5.87. The molecule has 0 aromatic heterocycles. The van der Waals surface area contributed by atoms with Crippen LogP contribution in [0, 0.1) is 0 Å². The minimum atomic E-state index is 0.398. The van der Waals surface area contributed by atoms with Crippen molar-refractivity contribution in [1.82, 2.24) is 5.32 Å². The van der Waals surface area contributed by atoms with Gasteiger partial charge in [0.2, 0.25) is 0 Å². The van der Waals surface area contributed by atoms with E-state index in [1.54, 1.807) is 11.1 Å². The van der Waals surface area contributed by atoms with E-state index in [4.69, 9.17) is 0 Å². The summed E-state index contributed by atoms with van der Waals surface area (Å²) in [5.74, 6) is 0. The first-order chi connectivity index (χ1) is 9.33. The molecule has 0 radical (unpaired) electrons. The Morgan fingerprint density at radius 3 is 2.63 bits per heavy atom. The molecule has 0 saturated heterocycles. The van der Waals surface area contributed by atoms with Crippen LogP contribution in [0.5, 0.6) is 0 Å². The number of benzene rings is 2. The van der Waals surface area contributed by atoms with E-state index in [0.29, 0.717) is 6.04 Å². The number of hydrogen-bond acceptors (Lipinski definition) is 1. The summed E-state index contributed by atoms with van der Waals surface area (Å²) in [6.45, 7) is 3.17. The standard InChI is InChI=1S/C18H21N/c1-14(16-6-3-2-4-7-16)19-13-15-10-11-17-8-5-9-18(17)12-15/h2-4,6-7,10-12,14,19H,5,8-9,13H2,1H3. The van der Waals surface area contributed by atoms with Crippen LogP contribution in [0.15, 0.2) is 48.5 Å². The van der Waals surface area contributed by atoms with Gasteiger partial charge in [0.15, 0.2) is 0 Å². The highest BCUT2D eigenvalue weighted by Crippen LogP contribution is 2.23. The third-order valence-electron chi connectivity index (χ3n) is 4.07. The fourth-order valence-electron chi connectivity index (χ4n) is 2.87. The highest BCUT2D eigenvalue weighted by molar-refractivity contribution is 5.35. The molecule has 2 aromatic carbocycles. The molecule has 1 unspecified atom stereocenters. The van der Waals surface area contributed by atoms with Gasteiger partial charge in [0, 0.05) is 12.6 Å². The Balaban J connectivity index is 1.63. The number of fused-ring (bicyclic) bond motifs is 1.